The van der Waals surface area contributed by atoms with Gasteiger partial charge >= 0.3 is 5.97 Å². The SMILES string of the molecule is CCOC(=O)c1c(NC(=O)C(C)Sc2nnc(CNC(=O)Cc3ccc(OC)cc3)n2C)sc2c1CCC2. The Kier molecular flexibility index (Phi) is 9.05. The smallest absolute Gasteiger partial charge is 0.341 e. The summed E-state index contributed by atoms with van der Waals surface area (Å²) in [5.41, 5.74) is 2.36. The number of anilines is 1. The van der Waals surface area contributed by atoms with Crippen LogP contribution >= 0.6 is 23.1 Å². The van der Waals surface area contributed by atoms with Gasteiger partial charge in [0.05, 0.1) is 37.5 Å². The highest BCUT2D eigenvalue weighted by atomic mass is 32.2. The second-order valence-electron chi connectivity index (χ2n) is 8.79. The zero-order valence-electron chi connectivity index (χ0n) is 21.8. The van der Waals surface area contributed by atoms with Gasteiger partial charge in [0.2, 0.25) is 11.8 Å². The van der Waals surface area contributed by atoms with Gasteiger partial charge in [-0.15, -0.1) is 21.5 Å². The zero-order valence-corrected chi connectivity index (χ0v) is 23.5. The van der Waals surface area contributed by atoms with E-state index in [-0.39, 0.29) is 31.4 Å². The Balaban J connectivity index is 1.33. The predicted octanol–water partition coefficient (Wildman–Crippen LogP) is 3.53. The van der Waals surface area contributed by atoms with Gasteiger partial charge in [-0.2, -0.15) is 0 Å². The fraction of sp³-hybridized carbons (Fsp3) is 0.423. The molecule has 0 radical (unpaired) electrons. The molecule has 2 N–H and O–H groups in total. The molecule has 3 aromatic rings. The first kappa shape index (κ1) is 27.6. The molecule has 1 aromatic carbocycles. The van der Waals surface area contributed by atoms with Crippen molar-refractivity contribution in [1.82, 2.24) is 20.1 Å². The van der Waals surface area contributed by atoms with Crippen molar-refractivity contribution in [3.63, 3.8) is 0 Å². The minimum atomic E-state index is -0.498. The quantitative estimate of drug-likeness (QED) is 0.271. The molecule has 1 atom stereocenters. The second kappa shape index (κ2) is 12.4. The van der Waals surface area contributed by atoms with Crippen LogP contribution in [0.2, 0.25) is 0 Å². The maximum absolute atomic E-state index is 13.0. The maximum atomic E-state index is 13.0. The fourth-order valence-corrected chi connectivity index (χ4v) is 6.22. The van der Waals surface area contributed by atoms with Crippen LogP contribution in [0.1, 0.15) is 52.5 Å². The Hall–Kier alpha value is -3.38. The van der Waals surface area contributed by atoms with Crippen molar-refractivity contribution >= 4 is 45.9 Å². The first-order chi connectivity index (χ1) is 18.3. The highest BCUT2D eigenvalue weighted by Crippen LogP contribution is 2.40. The average Bonchev–Trinajstić information content (AvgIpc) is 3.58. The molecule has 0 aliphatic heterocycles. The first-order valence-corrected chi connectivity index (χ1v) is 14.1. The third kappa shape index (κ3) is 6.36. The van der Waals surface area contributed by atoms with Gasteiger partial charge in [0, 0.05) is 11.9 Å². The maximum Gasteiger partial charge on any atom is 0.341 e. The molecule has 0 spiro atoms. The van der Waals surface area contributed by atoms with E-state index in [1.807, 2.05) is 24.3 Å². The van der Waals surface area contributed by atoms with E-state index in [0.29, 0.717) is 21.5 Å². The number of hydrogen-bond donors (Lipinski definition) is 2. The van der Waals surface area contributed by atoms with E-state index in [0.717, 1.165) is 41.0 Å². The predicted molar refractivity (Wildman–Crippen MR) is 146 cm³/mol. The molecule has 38 heavy (non-hydrogen) atoms. The third-order valence-electron chi connectivity index (χ3n) is 6.18. The van der Waals surface area contributed by atoms with Crippen LogP contribution in [0, 0.1) is 0 Å². The lowest BCUT2D eigenvalue weighted by Gasteiger charge is -2.12. The van der Waals surface area contributed by atoms with E-state index in [1.54, 1.807) is 32.6 Å². The van der Waals surface area contributed by atoms with Crippen LogP contribution in [-0.4, -0.2) is 51.5 Å². The van der Waals surface area contributed by atoms with Crippen molar-refractivity contribution in [1.29, 1.82) is 0 Å². The number of esters is 1. The summed E-state index contributed by atoms with van der Waals surface area (Å²) in [6, 6.07) is 7.33. The molecule has 4 rings (SSSR count). The van der Waals surface area contributed by atoms with Crippen LogP contribution in [-0.2, 0) is 47.2 Å². The van der Waals surface area contributed by atoms with Crippen molar-refractivity contribution in [2.75, 3.05) is 19.0 Å². The molecule has 1 unspecified atom stereocenters. The molecule has 10 nitrogen and oxygen atoms in total. The number of carbonyl (C=O) groups excluding carboxylic acids is 3. The lowest BCUT2D eigenvalue weighted by atomic mass is 10.1. The van der Waals surface area contributed by atoms with Gasteiger partial charge in [0.1, 0.15) is 10.8 Å². The Labute approximate surface area is 229 Å². The van der Waals surface area contributed by atoms with Gasteiger partial charge in [-0.25, -0.2) is 4.79 Å². The highest BCUT2D eigenvalue weighted by molar-refractivity contribution is 8.00. The number of aryl methyl sites for hydroxylation is 1. The summed E-state index contributed by atoms with van der Waals surface area (Å²) < 4.78 is 12.1. The number of thiophene rings is 1. The van der Waals surface area contributed by atoms with Crippen LogP contribution in [0.3, 0.4) is 0 Å². The first-order valence-electron chi connectivity index (χ1n) is 12.4. The summed E-state index contributed by atoms with van der Waals surface area (Å²) in [6.45, 7) is 4.03. The number of aromatic nitrogens is 3. The number of methoxy groups -OCH3 is 1. The molecule has 2 aromatic heterocycles. The van der Waals surface area contributed by atoms with Gasteiger partial charge in [0.25, 0.3) is 0 Å². The second-order valence-corrected chi connectivity index (χ2v) is 11.2. The molecule has 2 heterocycles. The average molecular weight is 558 g/mol. The zero-order chi connectivity index (χ0) is 27.2. The monoisotopic (exact) mass is 557 g/mol. The Morgan fingerprint density at radius 3 is 2.66 bits per heavy atom. The molecule has 202 valence electrons. The molecule has 0 saturated carbocycles. The van der Waals surface area contributed by atoms with Crippen LogP contribution < -0.4 is 15.4 Å². The number of nitrogens with one attached hydrogen (secondary N) is 2. The Morgan fingerprint density at radius 1 is 1.18 bits per heavy atom. The number of fused-ring (bicyclic) bond motifs is 1. The van der Waals surface area contributed by atoms with Crippen LogP contribution in [0.25, 0.3) is 0 Å². The molecule has 12 heteroatoms. The third-order valence-corrected chi connectivity index (χ3v) is 8.52. The van der Waals surface area contributed by atoms with E-state index < -0.39 is 11.2 Å². The summed E-state index contributed by atoms with van der Waals surface area (Å²) >= 11 is 2.71. The number of amides is 2. The number of thioether (sulfide) groups is 1. The van der Waals surface area contributed by atoms with Crippen molar-refractivity contribution in [3.8, 4) is 5.75 Å². The van der Waals surface area contributed by atoms with E-state index in [2.05, 4.69) is 20.8 Å². The topological polar surface area (TPSA) is 124 Å². The molecular weight excluding hydrogens is 526 g/mol. The minimum absolute atomic E-state index is 0.139. The van der Waals surface area contributed by atoms with Crippen molar-refractivity contribution in [2.45, 2.75) is 56.5 Å². The van der Waals surface area contributed by atoms with Crippen LogP contribution in [0.15, 0.2) is 29.4 Å². The standard InChI is InChI=1S/C26H31N5O5S2/c1-5-36-25(34)22-18-7-6-8-19(18)38-24(22)28-23(33)15(2)37-26-30-29-20(31(26)3)14-27-21(32)13-16-9-11-17(35-4)12-10-16/h9-12,15H,5-8,13-14H2,1-4H3,(H,27,32)(H,28,33). The molecule has 0 bridgehead atoms. The number of nitrogens with zero attached hydrogens (tertiary/aromatic N) is 3. The Bertz CT molecular complexity index is 1320. The summed E-state index contributed by atoms with van der Waals surface area (Å²) in [5, 5.41) is 14.8. The summed E-state index contributed by atoms with van der Waals surface area (Å²) in [4.78, 5) is 39.1. The molecule has 1 aliphatic rings. The van der Waals surface area contributed by atoms with Crippen LogP contribution in [0.5, 0.6) is 5.75 Å². The number of hydrogen-bond acceptors (Lipinski definition) is 9. The number of ether oxygens (including phenoxy) is 2. The minimum Gasteiger partial charge on any atom is -0.497 e. The lowest BCUT2D eigenvalue weighted by molar-refractivity contribution is -0.120. The lowest BCUT2D eigenvalue weighted by Crippen LogP contribution is -2.26. The molecule has 2 amide bonds. The normalized spacial score (nSPS) is 13.1. The largest absolute Gasteiger partial charge is 0.497 e. The molecule has 1 aliphatic carbocycles. The molecule has 0 fully saturated rings. The summed E-state index contributed by atoms with van der Waals surface area (Å²) in [5.74, 6) is 0.537. The van der Waals surface area contributed by atoms with Gasteiger partial charge in [-0.3, -0.25) is 9.59 Å². The van der Waals surface area contributed by atoms with Crippen molar-refractivity contribution in [2.24, 2.45) is 7.05 Å². The molecular formula is C26H31N5O5S2. The van der Waals surface area contributed by atoms with Crippen molar-refractivity contribution < 1.29 is 23.9 Å². The molecule has 0 saturated heterocycles. The summed E-state index contributed by atoms with van der Waals surface area (Å²) in [7, 11) is 3.39. The number of benzene rings is 1. The van der Waals surface area contributed by atoms with E-state index in [1.165, 1.54) is 23.1 Å². The van der Waals surface area contributed by atoms with Gasteiger partial charge in [-0.1, -0.05) is 23.9 Å². The van der Waals surface area contributed by atoms with Crippen molar-refractivity contribution in [3.05, 3.63) is 51.7 Å². The van der Waals surface area contributed by atoms with E-state index in [4.69, 9.17) is 9.47 Å². The Morgan fingerprint density at radius 2 is 1.95 bits per heavy atom. The highest BCUT2D eigenvalue weighted by Gasteiger charge is 2.29. The van der Waals surface area contributed by atoms with E-state index >= 15 is 0 Å². The number of carbonyl (C=O) groups is 3. The fourth-order valence-electron chi connectivity index (χ4n) is 4.11. The van der Waals surface area contributed by atoms with Gasteiger partial charge in [-0.05, 0) is 56.4 Å². The summed E-state index contributed by atoms with van der Waals surface area (Å²) in [6.07, 6.45) is 2.97. The van der Waals surface area contributed by atoms with Gasteiger partial charge < -0.3 is 24.7 Å². The van der Waals surface area contributed by atoms with Gasteiger partial charge in [0.15, 0.2) is 11.0 Å². The number of rotatable bonds is 11. The van der Waals surface area contributed by atoms with Crippen LogP contribution in [0.4, 0.5) is 5.00 Å². The van der Waals surface area contributed by atoms with E-state index in [9.17, 15) is 14.4 Å².